The molecule has 1 aliphatic carbocycles. The maximum absolute atomic E-state index is 10.3. The molecule has 0 heterocycles. The molecule has 0 aromatic rings. The number of hydrogen-bond acceptors (Lipinski definition) is 3. The zero-order valence-electron chi connectivity index (χ0n) is 7.86. The first-order valence-electron chi connectivity index (χ1n) is 4.62. The lowest BCUT2D eigenvalue weighted by Gasteiger charge is -2.30. The lowest BCUT2D eigenvalue weighted by atomic mass is 9.85. The lowest BCUT2D eigenvalue weighted by Crippen LogP contribution is -2.46. The van der Waals surface area contributed by atoms with Gasteiger partial charge >= 0.3 is 0 Å². The third kappa shape index (κ3) is 2.29. The van der Waals surface area contributed by atoms with Gasteiger partial charge in [0.25, 0.3) is 0 Å². The summed E-state index contributed by atoms with van der Waals surface area (Å²) in [5.74, 6) is 0.347. The van der Waals surface area contributed by atoms with E-state index >= 15 is 0 Å². The Labute approximate surface area is 78.4 Å². The van der Waals surface area contributed by atoms with Gasteiger partial charge < -0.3 is 16.8 Å². The van der Waals surface area contributed by atoms with Crippen molar-refractivity contribution in [2.24, 2.45) is 17.4 Å². The van der Waals surface area contributed by atoms with Crippen LogP contribution in [0.4, 0.5) is 0 Å². The number of hydrogen-bond donors (Lipinski definition) is 3. The predicted octanol–water partition coefficient (Wildman–Crippen LogP) is -0.299. The Morgan fingerprint density at radius 3 is 2.92 bits per heavy atom. The third-order valence-corrected chi connectivity index (χ3v) is 2.58. The molecule has 4 heteroatoms. The van der Waals surface area contributed by atoms with Gasteiger partial charge in [0.15, 0.2) is 0 Å². The number of rotatable bonds is 3. The SMILES string of the molecule is CC[C@@H]1CC(N)C(N)C=C1NC=O. The minimum absolute atomic E-state index is 0.0159. The van der Waals surface area contributed by atoms with E-state index in [0.29, 0.717) is 12.3 Å². The minimum Gasteiger partial charge on any atom is -0.332 e. The van der Waals surface area contributed by atoms with E-state index in [2.05, 4.69) is 12.2 Å². The van der Waals surface area contributed by atoms with E-state index in [-0.39, 0.29) is 12.1 Å². The Balaban J connectivity index is 2.74. The second-order valence-corrected chi connectivity index (χ2v) is 3.47. The molecule has 13 heavy (non-hydrogen) atoms. The smallest absolute Gasteiger partial charge is 0.211 e. The minimum atomic E-state index is -0.134. The average Bonchev–Trinajstić information content (AvgIpc) is 2.11. The van der Waals surface area contributed by atoms with Gasteiger partial charge in [-0.3, -0.25) is 4.79 Å². The van der Waals surface area contributed by atoms with E-state index in [1.165, 1.54) is 0 Å². The Morgan fingerprint density at radius 1 is 1.69 bits per heavy atom. The second-order valence-electron chi connectivity index (χ2n) is 3.47. The van der Waals surface area contributed by atoms with E-state index in [4.69, 9.17) is 11.5 Å². The highest BCUT2D eigenvalue weighted by atomic mass is 16.1. The Kier molecular flexibility index (Phi) is 3.45. The Hall–Kier alpha value is -0.870. The lowest BCUT2D eigenvalue weighted by molar-refractivity contribution is -0.109. The summed E-state index contributed by atoms with van der Waals surface area (Å²) in [5, 5.41) is 2.68. The molecule has 0 aromatic heterocycles. The van der Waals surface area contributed by atoms with Crippen molar-refractivity contribution in [3.05, 3.63) is 11.8 Å². The first-order chi connectivity index (χ1) is 6.19. The van der Waals surface area contributed by atoms with Crippen molar-refractivity contribution < 1.29 is 4.79 Å². The van der Waals surface area contributed by atoms with Gasteiger partial charge in [-0.25, -0.2) is 0 Å². The van der Waals surface area contributed by atoms with Gasteiger partial charge in [-0.2, -0.15) is 0 Å². The molecule has 0 saturated heterocycles. The second kappa shape index (κ2) is 4.39. The van der Waals surface area contributed by atoms with Crippen LogP contribution in [0.1, 0.15) is 19.8 Å². The number of nitrogens with one attached hydrogen (secondary N) is 1. The van der Waals surface area contributed by atoms with Crippen molar-refractivity contribution in [3.63, 3.8) is 0 Å². The summed E-state index contributed by atoms with van der Waals surface area (Å²) in [5.41, 5.74) is 12.5. The van der Waals surface area contributed by atoms with E-state index in [1.807, 2.05) is 6.08 Å². The largest absolute Gasteiger partial charge is 0.332 e. The molecule has 0 bridgehead atoms. The van der Waals surface area contributed by atoms with Gasteiger partial charge in [-0.1, -0.05) is 6.92 Å². The molecule has 1 amide bonds. The summed E-state index contributed by atoms with van der Waals surface area (Å²) in [7, 11) is 0. The van der Waals surface area contributed by atoms with Crippen molar-refractivity contribution in [3.8, 4) is 0 Å². The summed E-state index contributed by atoms with van der Waals surface area (Å²) in [6.45, 7) is 2.08. The fourth-order valence-electron chi connectivity index (χ4n) is 1.70. The van der Waals surface area contributed by atoms with E-state index < -0.39 is 0 Å². The molecule has 0 spiro atoms. The van der Waals surface area contributed by atoms with Crippen molar-refractivity contribution in [2.45, 2.75) is 31.8 Å². The number of carbonyl (C=O) groups is 1. The van der Waals surface area contributed by atoms with Crippen LogP contribution in [-0.4, -0.2) is 18.5 Å². The van der Waals surface area contributed by atoms with Crippen LogP contribution in [0.15, 0.2) is 11.8 Å². The molecule has 5 N–H and O–H groups in total. The summed E-state index contributed by atoms with van der Waals surface area (Å²) >= 11 is 0. The van der Waals surface area contributed by atoms with E-state index in [9.17, 15) is 4.79 Å². The van der Waals surface area contributed by atoms with Gasteiger partial charge in [0, 0.05) is 23.7 Å². The molecule has 0 fully saturated rings. The fraction of sp³-hybridized carbons (Fsp3) is 0.667. The van der Waals surface area contributed by atoms with E-state index in [0.717, 1.165) is 18.5 Å². The molecule has 4 nitrogen and oxygen atoms in total. The first kappa shape index (κ1) is 10.2. The van der Waals surface area contributed by atoms with Crippen molar-refractivity contribution in [1.29, 1.82) is 0 Å². The van der Waals surface area contributed by atoms with Crippen molar-refractivity contribution in [1.82, 2.24) is 5.32 Å². The fourth-order valence-corrected chi connectivity index (χ4v) is 1.70. The standard InChI is InChI=1S/C9H17N3O/c1-2-6-3-7(10)8(11)4-9(6)12-5-13/h4-8H,2-3,10-11H2,1H3,(H,12,13)/t6-,7?,8?/m1/s1. The molecule has 0 radical (unpaired) electrons. The molecular formula is C9H17N3O. The van der Waals surface area contributed by atoms with Gasteiger partial charge in [0.05, 0.1) is 0 Å². The Bertz CT molecular complexity index is 215. The number of carbonyl (C=O) groups excluding carboxylic acids is 1. The van der Waals surface area contributed by atoms with Crippen LogP contribution >= 0.6 is 0 Å². The number of allylic oxidation sites excluding steroid dienone is 1. The molecule has 1 rings (SSSR count). The van der Waals surface area contributed by atoms with E-state index in [1.54, 1.807) is 0 Å². The van der Waals surface area contributed by atoms with Crippen LogP contribution in [0, 0.1) is 5.92 Å². The van der Waals surface area contributed by atoms with Crippen molar-refractivity contribution >= 4 is 6.41 Å². The first-order valence-corrected chi connectivity index (χ1v) is 4.62. The monoisotopic (exact) mass is 183 g/mol. The van der Waals surface area contributed by atoms with Crippen LogP contribution in [0.25, 0.3) is 0 Å². The van der Waals surface area contributed by atoms with Gasteiger partial charge in [-0.05, 0) is 18.9 Å². The summed E-state index contributed by atoms with van der Waals surface area (Å²) in [6, 6.07) is -0.118. The molecule has 2 unspecified atom stereocenters. The normalized spacial score (nSPS) is 33.8. The van der Waals surface area contributed by atoms with Crippen molar-refractivity contribution in [2.75, 3.05) is 0 Å². The zero-order chi connectivity index (χ0) is 9.84. The molecule has 74 valence electrons. The highest BCUT2D eigenvalue weighted by Gasteiger charge is 2.25. The highest BCUT2D eigenvalue weighted by Crippen LogP contribution is 2.24. The third-order valence-electron chi connectivity index (χ3n) is 2.58. The van der Waals surface area contributed by atoms with Crippen LogP contribution in [0.3, 0.4) is 0 Å². The molecule has 1 aliphatic rings. The Morgan fingerprint density at radius 2 is 2.38 bits per heavy atom. The molecular weight excluding hydrogens is 166 g/mol. The highest BCUT2D eigenvalue weighted by molar-refractivity contribution is 5.50. The van der Waals surface area contributed by atoms with Crippen LogP contribution in [0.2, 0.25) is 0 Å². The molecule has 3 atom stereocenters. The number of nitrogens with two attached hydrogens (primary N) is 2. The zero-order valence-corrected chi connectivity index (χ0v) is 7.86. The quantitative estimate of drug-likeness (QED) is 0.525. The summed E-state index contributed by atoms with van der Waals surface area (Å²) < 4.78 is 0. The molecule has 0 aromatic carbocycles. The average molecular weight is 183 g/mol. The maximum atomic E-state index is 10.3. The van der Waals surface area contributed by atoms with Crippen LogP contribution < -0.4 is 16.8 Å². The number of amides is 1. The maximum Gasteiger partial charge on any atom is 0.211 e. The van der Waals surface area contributed by atoms with Gasteiger partial charge in [0.2, 0.25) is 6.41 Å². The van der Waals surface area contributed by atoms with Gasteiger partial charge in [-0.15, -0.1) is 0 Å². The van der Waals surface area contributed by atoms with Crippen LogP contribution in [0.5, 0.6) is 0 Å². The van der Waals surface area contributed by atoms with Crippen LogP contribution in [-0.2, 0) is 4.79 Å². The topological polar surface area (TPSA) is 81.1 Å². The molecule has 0 aliphatic heterocycles. The van der Waals surface area contributed by atoms with Gasteiger partial charge in [0.1, 0.15) is 0 Å². The predicted molar refractivity (Wildman–Crippen MR) is 51.6 cm³/mol. The summed E-state index contributed by atoms with van der Waals surface area (Å²) in [4.78, 5) is 10.3. The molecule has 0 saturated carbocycles. The summed E-state index contributed by atoms with van der Waals surface area (Å²) in [6.07, 6.45) is 4.38.